The second kappa shape index (κ2) is 11.8. The van der Waals surface area contributed by atoms with Crippen molar-refractivity contribution in [3.63, 3.8) is 0 Å². The Balaban J connectivity index is 1.63. The van der Waals surface area contributed by atoms with Gasteiger partial charge < -0.3 is 14.8 Å². The number of rotatable bonds is 8. The number of hydrazone groups is 1. The number of benzene rings is 3. The molecule has 2 N–H and O–H groups in total. The summed E-state index contributed by atoms with van der Waals surface area (Å²) in [5, 5.41) is 6.56. The molecule has 0 fully saturated rings. The summed E-state index contributed by atoms with van der Waals surface area (Å²) >= 11 is 3.41. The number of carbonyl (C=O) groups excluding carboxylic acids is 2. The number of hydrogen-bond donors (Lipinski definition) is 2. The number of nitrogens with zero attached hydrogens (tertiary/aromatic N) is 1. The molecule has 0 saturated carbocycles. The van der Waals surface area contributed by atoms with Gasteiger partial charge >= 0.3 is 11.8 Å². The molecule has 0 unspecified atom stereocenters. The quantitative estimate of drug-likeness (QED) is 0.268. The molecule has 3 aromatic carbocycles. The molecule has 2 amide bonds. The Morgan fingerprint density at radius 3 is 2.42 bits per heavy atom. The molecule has 0 aromatic heterocycles. The van der Waals surface area contributed by atoms with Crippen LogP contribution in [0, 0.1) is 0 Å². The maximum absolute atomic E-state index is 12.2. The van der Waals surface area contributed by atoms with E-state index in [4.69, 9.17) is 9.47 Å². The molecule has 0 bridgehead atoms. The number of carbonyl (C=O) groups is 2. The fourth-order valence-electron chi connectivity index (χ4n) is 2.98. The predicted molar refractivity (Wildman–Crippen MR) is 130 cm³/mol. The van der Waals surface area contributed by atoms with Crippen LogP contribution in [0.15, 0.2) is 82.4 Å². The highest BCUT2D eigenvalue weighted by Gasteiger charge is 2.16. The van der Waals surface area contributed by atoms with Gasteiger partial charge in [-0.05, 0) is 42.3 Å². The summed E-state index contributed by atoms with van der Waals surface area (Å²) in [6.45, 7) is 2.12. The zero-order valence-electron chi connectivity index (χ0n) is 18.2. The van der Waals surface area contributed by atoms with E-state index in [1.165, 1.54) is 6.21 Å². The second-order valence-electron chi connectivity index (χ2n) is 7.10. The molecule has 0 heterocycles. The van der Waals surface area contributed by atoms with Gasteiger partial charge in [0.15, 0.2) is 11.5 Å². The highest BCUT2D eigenvalue weighted by Crippen LogP contribution is 2.31. The van der Waals surface area contributed by atoms with E-state index in [2.05, 4.69) is 31.8 Å². The Kier molecular flexibility index (Phi) is 8.60. The average Bonchev–Trinajstić information content (AvgIpc) is 2.84. The molecule has 1 atom stereocenters. The molecule has 0 aliphatic heterocycles. The zero-order chi connectivity index (χ0) is 23.6. The Morgan fingerprint density at radius 1 is 1.00 bits per heavy atom. The third-order valence-corrected chi connectivity index (χ3v) is 5.28. The summed E-state index contributed by atoms with van der Waals surface area (Å²) in [4.78, 5) is 24.3. The molecule has 0 spiro atoms. The Hall–Kier alpha value is -3.65. The Morgan fingerprint density at radius 2 is 1.73 bits per heavy atom. The Bertz CT molecular complexity index is 1120. The molecular formula is C25H24BrN3O4. The first-order valence-electron chi connectivity index (χ1n) is 10.2. The van der Waals surface area contributed by atoms with Gasteiger partial charge in [-0.15, -0.1) is 0 Å². The summed E-state index contributed by atoms with van der Waals surface area (Å²) in [7, 11) is 1.54. The third-order valence-electron chi connectivity index (χ3n) is 4.75. The van der Waals surface area contributed by atoms with E-state index in [0.29, 0.717) is 23.7 Å². The van der Waals surface area contributed by atoms with Gasteiger partial charge in [0.2, 0.25) is 0 Å². The van der Waals surface area contributed by atoms with Crippen LogP contribution >= 0.6 is 15.9 Å². The van der Waals surface area contributed by atoms with Crippen LogP contribution in [0.4, 0.5) is 0 Å². The number of halogens is 1. The molecule has 170 valence electrons. The second-order valence-corrected chi connectivity index (χ2v) is 8.01. The van der Waals surface area contributed by atoms with Gasteiger partial charge in [0.1, 0.15) is 6.61 Å². The third kappa shape index (κ3) is 6.92. The number of nitrogens with one attached hydrogen (secondary N) is 2. The lowest BCUT2D eigenvalue weighted by Gasteiger charge is -2.14. The molecule has 33 heavy (non-hydrogen) atoms. The van der Waals surface area contributed by atoms with Gasteiger partial charge in [0.05, 0.1) is 19.4 Å². The van der Waals surface area contributed by atoms with E-state index in [9.17, 15) is 9.59 Å². The maximum atomic E-state index is 12.2. The maximum Gasteiger partial charge on any atom is 0.329 e. The van der Waals surface area contributed by atoms with Gasteiger partial charge in [-0.1, -0.05) is 64.5 Å². The largest absolute Gasteiger partial charge is 0.493 e. The fourth-order valence-corrected chi connectivity index (χ4v) is 3.25. The first kappa shape index (κ1) is 24.0. The predicted octanol–water partition coefficient (Wildman–Crippen LogP) is 4.36. The van der Waals surface area contributed by atoms with Crippen LogP contribution < -0.4 is 20.2 Å². The minimum Gasteiger partial charge on any atom is -0.493 e. The minimum absolute atomic E-state index is 0.314. The summed E-state index contributed by atoms with van der Waals surface area (Å²) < 4.78 is 12.3. The van der Waals surface area contributed by atoms with Crippen LogP contribution in [0.2, 0.25) is 0 Å². The number of hydrogen-bond acceptors (Lipinski definition) is 5. The van der Waals surface area contributed by atoms with Crippen molar-refractivity contribution in [2.24, 2.45) is 5.10 Å². The highest BCUT2D eigenvalue weighted by atomic mass is 79.9. The van der Waals surface area contributed by atoms with Gasteiger partial charge in [0.25, 0.3) is 0 Å². The zero-order valence-corrected chi connectivity index (χ0v) is 19.8. The van der Waals surface area contributed by atoms with E-state index in [1.807, 2.05) is 54.6 Å². The lowest BCUT2D eigenvalue weighted by atomic mass is 10.1. The van der Waals surface area contributed by atoms with Crippen LogP contribution in [0.1, 0.15) is 29.7 Å². The lowest BCUT2D eigenvalue weighted by molar-refractivity contribution is -0.139. The molecule has 0 aliphatic rings. The van der Waals surface area contributed by atoms with Crippen molar-refractivity contribution in [2.75, 3.05) is 7.11 Å². The number of para-hydroxylation sites is 1. The first-order chi connectivity index (χ1) is 16.0. The molecule has 8 heteroatoms. The van der Waals surface area contributed by atoms with Gasteiger partial charge in [0, 0.05) is 10.0 Å². The van der Waals surface area contributed by atoms with Crippen LogP contribution in [0.5, 0.6) is 11.5 Å². The molecule has 0 radical (unpaired) electrons. The van der Waals surface area contributed by atoms with Crippen molar-refractivity contribution in [1.29, 1.82) is 0 Å². The molecule has 0 saturated heterocycles. The molecule has 0 aliphatic carbocycles. The molecule has 3 rings (SSSR count). The van der Waals surface area contributed by atoms with E-state index < -0.39 is 11.8 Å². The SMILES string of the molecule is COc1cccc(/C=N\NC(=O)C(=O)N[C@@H](C)c2ccccc2)c1OCc1ccc(Br)cc1. The van der Waals surface area contributed by atoms with Crippen molar-refractivity contribution in [2.45, 2.75) is 19.6 Å². The van der Waals surface area contributed by atoms with Crippen LogP contribution in [0.3, 0.4) is 0 Å². The Labute approximate surface area is 200 Å². The molecule has 3 aromatic rings. The highest BCUT2D eigenvalue weighted by molar-refractivity contribution is 9.10. The van der Waals surface area contributed by atoms with Gasteiger partial charge in [-0.3, -0.25) is 9.59 Å². The summed E-state index contributed by atoms with van der Waals surface area (Å²) in [5.74, 6) is -0.644. The lowest BCUT2D eigenvalue weighted by Crippen LogP contribution is -2.39. The average molecular weight is 510 g/mol. The molecular weight excluding hydrogens is 486 g/mol. The van der Waals surface area contributed by atoms with Crippen LogP contribution in [0.25, 0.3) is 0 Å². The fraction of sp³-hybridized carbons (Fsp3) is 0.160. The summed E-state index contributed by atoms with van der Waals surface area (Å²) in [6, 6.07) is 22.1. The van der Waals surface area contributed by atoms with Gasteiger partial charge in [-0.2, -0.15) is 5.10 Å². The van der Waals surface area contributed by atoms with Gasteiger partial charge in [-0.25, -0.2) is 5.43 Å². The molecule has 7 nitrogen and oxygen atoms in total. The number of methoxy groups -OCH3 is 1. The van der Waals surface area contributed by atoms with Crippen LogP contribution in [-0.2, 0) is 16.2 Å². The van der Waals surface area contributed by atoms with Crippen molar-refractivity contribution in [1.82, 2.24) is 10.7 Å². The normalized spacial score (nSPS) is 11.6. The van der Waals surface area contributed by atoms with Crippen molar-refractivity contribution >= 4 is 34.0 Å². The smallest absolute Gasteiger partial charge is 0.329 e. The monoisotopic (exact) mass is 509 g/mol. The number of ether oxygens (including phenoxy) is 2. The van der Waals surface area contributed by atoms with E-state index in [0.717, 1.165) is 15.6 Å². The summed E-state index contributed by atoms with van der Waals surface area (Å²) in [6.07, 6.45) is 1.41. The summed E-state index contributed by atoms with van der Waals surface area (Å²) in [5.41, 5.74) is 4.71. The standard InChI is InChI=1S/C25H24BrN3O4/c1-17(19-7-4-3-5-8-19)28-24(30)25(31)29-27-15-20-9-6-10-22(32-2)23(20)33-16-18-11-13-21(26)14-12-18/h3-15,17H,16H2,1-2H3,(H,28,30)(H,29,31)/b27-15-/t17-/m0/s1. The topological polar surface area (TPSA) is 89.0 Å². The van der Waals surface area contributed by atoms with E-state index in [-0.39, 0.29) is 6.04 Å². The van der Waals surface area contributed by atoms with Crippen molar-refractivity contribution in [3.05, 3.63) is 94.0 Å². The first-order valence-corrected chi connectivity index (χ1v) is 11.0. The van der Waals surface area contributed by atoms with Crippen LogP contribution in [-0.4, -0.2) is 25.1 Å². The number of amides is 2. The van der Waals surface area contributed by atoms with Crippen molar-refractivity contribution < 1.29 is 19.1 Å². The van der Waals surface area contributed by atoms with E-state index >= 15 is 0 Å². The van der Waals surface area contributed by atoms with E-state index in [1.54, 1.807) is 32.2 Å². The minimum atomic E-state index is -0.866. The van der Waals surface area contributed by atoms with Crippen molar-refractivity contribution in [3.8, 4) is 11.5 Å².